The number of benzene rings is 2. The molecule has 10 heteroatoms. The maximum Gasteiger partial charge on any atom is 0.416 e. The van der Waals surface area contributed by atoms with Crippen molar-refractivity contribution in [2.45, 2.75) is 6.18 Å². The Bertz CT molecular complexity index is 763. The predicted molar refractivity (Wildman–Crippen MR) is 77.6 cm³/mol. The standard InChI is InChI=1S/C14H7F7N2S/c15-8-5-9(16)11(18)12(10(8)17)23-13(24)22-7-3-1-2-6(4-7)14(19,20)21/h1-5H,(H2,22,23,24). The molecule has 0 unspecified atom stereocenters. The minimum atomic E-state index is -4.60. The largest absolute Gasteiger partial charge is 0.416 e. The van der Waals surface area contributed by atoms with Crippen molar-refractivity contribution in [2.24, 2.45) is 0 Å². The van der Waals surface area contributed by atoms with Gasteiger partial charge in [0.05, 0.1) is 5.56 Å². The highest BCUT2D eigenvalue weighted by atomic mass is 32.1. The van der Waals surface area contributed by atoms with E-state index in [0.29, 0.717) is 6.07 Å². The Balaban J connectivity index is 2.21. The summed E-state index contributed by atoms with van der Waals surface area (Å²) in [7, 11) is 0. The van der Waals surface area contributed by atoms with Gasteiger partial charge in [-0.15, -0.1) is 0 Å². The van der Waals surface area contributed by atoms with Gasteiger partial charge in [0, 0.05) is 11.8 Å². The third-order valence-electron chi connectivity index (χ3n) is 2.80. The molecule has 0 saturated carbocycles. The van der Waals surface area contributed by atoms with Crippen LogP contribution in [0.25, 0.3) is 0 Å². The van der Waals surface area contributed by atoms with E-state index in [2.05, 4.69) is 17.5 Å². The SMILES string of the molecule is Fc1cc(F)c(F)c(NC(=S)Nc2cccc(C(F)(F)F)c2)c1F. The molecule has 2 aromatic carbocycles. The smallest absolute Gasteiger partial charge is 0.332 e. The zero-order valence-electron chi connectivity index (χ0n) is 11.4. The molecule has 0 atom stereocenters. The van der Waals surface area contributed by atoms with E-state index >= 15 is 0 Å². The van der Waals surface area contributed by atoms with Crippen LogP contribution in [-0.2, 0) is 6.18 Å². The van der Waals surface area contributed by atoms with E-state index in [4.69, 9.17) is 0 Å². The van der Waals surface area contributed by atoms with Crippen LogP contribution in [0.4, 0.5) is 42.1 Å². The quantitative estimate of drug-likeness (QED) is 0.440. The van der Waals surface area contributed by atoms with Crippen LogP contribution in [0.5, 0.6) is 0 Å². The van der Waals surface area contributed by atoms with Crippen molar-refractivity contribution in [3.63, 3.8) is 0 Å². The van der Waals surface area contributed by atoms with Crippen LogP contribution in [0.15, 0.2) is 30.3 Å². The lowest BCUT2D eigenvalue weighted by molar-refractivity contribution is -0.137. The van der Waals surface area contributed by atoms with Crippen molar-refractivity contribution < 1.29 is 30.7 Å². The molecule has 0 amide bonds. The normalized spacial score (nSPS) is 11.3. The zero-order chi connectivity index (χ0) is 18.1. The maximum absolute atomic E-state index is 13.5. The zero-order valence-corrected chi connectivity index (χ0v) is 12.3. The number of hydrogen-bond acceptors (Lipinski definition) is 1. The number of nitrogens with one attached hydrogen (secondary N) is 2. The first-order valence-corrected chi connectivity index (χ1v) is 6.58. The van der Waals surface area contributed by atoms with E-state index < -0.39 is 45.8 Å². The van der Waals surface area contributed by atoms with Crippen molar-refractivity contribution in [1.29, 1.82) is 0 Å². The van der Waals surface area contributed by atoms with Crippen LogP contribution in [0.2, 0.25) is 0 Å². The number of rotatable bonds is 2. The van der Waals surface area contributed by atoms with E-state index in [1.54, 1.807) is 0 Å². The van der Waals surface area contributed by atoms with E-state index in [-0.39, 0.29) is 11.8 Å². The highest BCUT2D eigenvalue weighted by Gasteiger charge is 2.30. The average Bonchev–Trinajstić information content (AvgIpc) is 2.49. The monoisotopic (exact) mass is 368 g/mol. The summed E-state index contributed by atoms with van der Waals surface area (Å²) < 4.78 is 90.9. The van der Waals surface area contributed by atoms with Crippen molar-refractivity contribution in [1.82, 2.24) is 0 Å². The number of alkyl halides is 3. The molecule has 24 heavy (non-hydrogen) atoms. The Labute approximate surface area is 136 Å². The van der Waals surface area contributed by atoms with Gasteiger partial charge in [-0.1, -0.05) is 6.07 Å². The van der Waals surface area contributed by atoms with Crippen molar-refractivity contribution in [2.75, 3.05) is 10.6 Å². The van der Waals surface area contributed by atoms with Gasteiger partial charge in [0.25, 0.3) is 0 Å². The molecular weight excluding hydrogens is 361 g/mol. The highest BCUT2D eigenvalue weighted by molar-refractivity contribution is 7.80. The number of hydrogen-bond donors (Lipinski definition) is 2. The van der Waals surface area contributed by atoms with Crippen LogP contribution < -0.4 is 10.6 Å². The fourth-order valence-electron chi connectivity index (χ4n) is 1.73. The van der Waals surface area contributed by atoms with E-state index in [1.165, 1.54) is 6.07 Å². The second-order valence-corrected chi connectivity index (χ2v) is 4.91. The Morgan fingerprint density at radius 1 is 0.875 bits per heavy atom. The lowest BCUT2D eigenvalue weighted by atomic mass is 10.2. The fourth-order valence-corrected chi connectivity index (χ4v) is 1.95. The summed E-state index contributed by atoms with van der Waals surface area (Å²) in [5.41, 5.74) is -2.32. The molecule has 2 N–H and O–H groups in total. The minimum absolute atomic E-state index is 0.0130. The first-order valence-electron chi connectivity index (χ1n) is 6.18. The Morgan fingerprint density at radius 3 is 2.00 bits per heavy atom. The van der Waals surface area contributed by atoms with Gasteiger partial charge in [0.1, 0.15) is 5.69 Å². The summed E-state index contributed by atoms with van der Waals surface area (Å²) in [5.74, 6) is -6.75. The molecule has 0 spiro atoms. The molecule has 0 saturated heterocycles. The molecule has 2 rings (SSSR count). The van der Waals surface area contributed by atoms with E-state index in [0.717, 1.165) is 12.1 Å². The van der Waals surface area contributed by atoms with Crippen LogP contribution in [-0.4, -0.2) is 5.11 Å². The van der Waals surface area contributed by atoms with Gasteiger partial charge < -0.3 is 10.6 Å². The average molecular weight is 368 g/mol. The molecule has 0 aromatic heterocycles. The van der Waals surface area contributed by atoms with E-state index in [1.807, 2.05) is 5.32 Å². The van der Waals surface area contributed by atoms with Gasteiger partial charge in [-0.05, 0) is 30.4 Å². The second-order valence-electron chi connectivity index (χ2n) is 4.50. The number of anilines is 2. The van der Waals surface area contributed by atoms with E-state index in [9.17, 15) is 30.7 Å². The topological polar surface area (TPSA) is 24.1 Å². The summed E-state index contributed by atoms with van der Waals surface area (Å²) in [6.07, 6.45) is -4.60. The van der Waals surface area contributed by atoms with Gasteiger partial charge in [-0.2, -0.15) is 13.2 Å². The summed E-state index contributed by atoms with van der Waals surface area (Å²) >= 11 is 4.68. The molecular formula is C14H7F7N2S. The predicted octanol–water partition coefficient (Wildman–Crippen LogP) is 5.07. The lowest BCUT2D eigenvalue weighted by Gasteiger charge is -2.14. The Hall–Kier alpha value is -2.36. The highest BCUT2D eigenvalue weighted by Crippen LogP contribution is 2.31. The minimum Gasteiger partial charge on any atom is -0.332 e. The third kappa shape index (κ3) is 3.94. The molecule has 0 bridgehead atoms. The maximum atomic E-state index is 13.5. The molecule has 0 fully saturated rings. The molecule has 0 aliphatic carbocycles. The molecule has 2 aromatic rings. The van der Waals surface area contributed by atoms with Crippen LogP contribution >= 0.6 is 12.2 Å². The van der Waals surface area contributed by atoms with Gasteiger partial charge in [-0.25, -0.2) is 17.6 Å². The van der Waals surface area contributed by atoms with Crippen LogP contribution in [0.3, 0.4) is 0 Å². The summed E-state index contributed by atoms with van der Waals surface area (Å²) in [6.45, 7) is 0. The molecule has 0 aliphatic heterocycles. The van der Waals surface area contributed by atoms with Crippen molar-refractivity contribution >= 4 is 28.7 Å². The van der Waals surface area contributed by atoms with Crippen molar-refractivity contribution in [3.8, 4) is 0 Å². The van der Waals surface area contributed by atoms with Gasteiger partial charge >= 0.3 is 6.18 Å². The molecule has 128 valence electrons. The molecule has 2 nitrogen and oxygen atoms in total. The Morgan fingerprint density at radius 2 is 1.46 bits per heavy atom. The second kappa shape index (κ2) is 6.63. The van der Waals surface area contributed by atoms with Crippen LogP contribution in [0, 0.1) is 23.3 Å². The first kappa shape index (κ1) is 18.0. The number of halogens is 7. The summed E-state index contributed by atoms with van der Waals surface area (Å²) in [4.78, 5) is 0. The Kier molecular flexibility index (Phi) is 4.97. The van der Waals surface area contributed by atoms with Crippen LogP contribution in [0.1, 0.15) is 5.56 Å². The van der Waals surface area contributed by atoms with Gasteiger partial charge in [-0.3, -0.25) is 0 Å². The molecule has 0 radical (unpaired) electrons. The lowest BCUT2D eigenvalue weighted by Crippen LogP contribution is -2.21. The molecule has 0 heterocycles. The summed E-state index contributed by atoms with van der Waals surface area (Å²) in [5, 5.41) is 3.56. The van der Waals surface area contributed by atoms with Gasteiger partial charge in [0.2, 0.25) is 0 Å². The third-order valence-corrected chi connectivity index (χ3v) is 3.00. The van der Waals surface area contributed by atoms with Crippen molar-refractivity contribution in [3.05, 3.63) is 59.2 Å². The molecule has 0 aliphatic rings. The number of thiocarbonyl (C=S) groups is 1. The van der Waals surface area contributed by atoms with Gasteiger partial charge in [0.15, 0.2) is 28.4 Å². The fraction of sp³-hybridized carbons (Fsp3) is 0.0714. The summed E-state index contributed by atoms with van der Waals surface area (Å²) in [6, 6.07) is 3.81. The first-order chi connectivity index (χ1) is 11.1.